The number of rotatable bonds is 5. The molecule has 1 aromatic rings. The molecule has 17 heavy (non-hydrogen) atoms. The Labute approximate surface area is 114 Å². The molecule has 0 aliphatic carbocycles. The fourth-order valence-corrected chi connectivity index (χ4v) is 2.03. The first-order chi connectivity index (χ1) is 7.93. The minimum absolute atomic E-state index is 0.347. The van der Waals surface area contributed by atoms with E-state index in [4.69, 9.17) is 0 Å². The van der Waals surface area contributed by atoms with Crippen LogP contribution in [-0.4, -0.2) is 9.81 Å². The van der Waals surface area contributed by atoms with Crippen molar-refractivity contribution in [3.05, 3.63) is 29.6 Å². The summed E-state index contributed by atoms with van der Waals surface area (Å²) < 4.78 is 0. The number of hydrogen-bond acceptors (Lipinski definition) is 1. The third kappa shape index (κ3) is 5.20. The van der Waals surface area contributed by atoms with E-state index in [-0.39, 0.29) is 0 Å². The largest absolute Gasteiger partial charge is 0.261 e. The monoisotopic (exact) mass is 297 g/mol. The van der Waals surface area contributed by atoms with E-state index in [9.17, 15) is 0 Å². The number of alkyl halides is 1. The third-order valence-corrected chi connectivity index (χ3v) is 4.96. The average Bonchev–Trinajstić information content (AvgIpc) is 2.28. The van der Waals surface area contributed by atoms with Crippen LogP contribution in [0.1, 0.15) is 51.8 Å². The molecule has 0 aromatic carbocycles. The van der Waals surface area contributed by atoms with E-state index in [0.29, 0.717) is 10.2 Å². The smallest absolute Gasteiger partial charge is 0.0403 e. The predicted octanol–water partition coefficient (Wildman–Crippen LogP) is 4.78. The molecule has 96 valence electrons. The summed E-state index contributed by atoms with van der Waals surface area (Å²) in [5.41, 5.74) is 2.89. The van der Waals surface area contributed by atoms with E-state index in [1.165, 1.54) is 24.1 Å². The molecule has 0 amide bonds. The molecule has 1 nitrogen and oxygen atoms in total. The maximum absolute atomic E-state index is 4.49. The summed E-state index contributed by atoms with van der Waals surface area (Å²) >= 11 is 3.77. The molecule has 1 unspecified atom stereocenters. The van der Waals surface area contributed by atoms with Gasteiger partial charge in [0.25, 0.3) is 0 Å². The van der Waals surface area contributed by atoms with Crippen LogP contribution in [0.15, 0.2) is 18.3 Å². The normalized spacial score (nSPS) is 13.7. The lowest BCUT2D eigenvalue weighted by Gasteiger charge is -2.25. The van der Waals surface area contributed by atoms with Crippen LogP contribution < -0.4 is 0 Å². The Kier molecular flexibility index (Phi) is 5.64. The Morgan fingerprint density at radius 1 is 1.29 bits per heavy atom. The lowest BCUT2D eigenvalue weighted by atomic mass is 9.89. The van der Waals surface area contributed by atoms with Crippen molar-refractivity contribution in [3.8, 4) is 0 Å². The zero-order valence-corrected chi connectivity index (χ0v) is 13.0. The van der Waals surface area contributed by atoms with Crippen molar-refractivity contribution in [1.29, 1.82) is 0 Å². The first-order valence-electron chi connectivity index (χ1n) is 6.51. The van der Waals surface area contributed by atoms with E-state index < -0.39 is 0 Å². The maximum Gasteiger partial charge on any atom is 0.0403 e. The Hall–Kier alpha value is -0.370. The van der Waals surface area contributed by atoms with Crippen LogP contribution in [0.25, 0.3) is 0 Å². The molecule has 0 bridgehead atoms. The van der Waals surface area contributed by atoms with Gasteiger partial charge in [-0.25, -0.2) is 0 Å². The van der Waals surface area contributed by atoms with Crippen molar-refractivity contribution in [2.45, 2.75) is 58.2 Å². The molecule has 0 spiro atoms. The first-order valence-corrected chi connectivity index (χ1v) is 7.43. The lowest BCUT2D eigenvalue weighted by Crippen LogP contribution is -2.20. The van der Waals surface area contributed by atoms with E-state index in [1.807, 2.05) is 6.20 Å². The second-order valence-electron chi connectivity index (χ2n) is 5.74. The summed E-state index contributed by atoms with van der Waals surface area (Å²) in [6, 6.07) is 4.36. The van der Waals surface area contributed by atoms with Crippen molar-refractivity contribution >= 4 is 15.9 Å². The number of pyridine rings is 1. The highest BCUT2D eigenvalue weighted by molar-refractivity contribution is 9.09. The van der Waals surface area contributed by atoms with Gasteiger partial charge in [0.1, 0.15) is 0 Å². The maximum atomic E-state index is 4.49. The number of hydrogen-bond donors (Lipinski definition) is 0. The summed E-state index contributed by atoms with van der Waals surface area (Å²) in [7, 11) is 0. The van der Waals surface area contributed by atoms with E-state index >= 15 is 0 Å². The van der Waals surface area contributed by atoms with Gasteiger partial charge < -0.3 is 0 Å². The average molecular weight is 298 g/mol. The minimum atomic E-state index is 0.347. The molecule has 1 atom stereocenters. The summed E-state index contributed by atoms with van der Waals surface area (Å²) in [6.07, 6.45) is 6.57. The molecule has 1 rings (SSSR count). The fraction of sp³-hybridized carbons (Fsp3) is 0.667. The van der Waals surface area contributed by atoms with Gasteiger partial charge >= 0.3 is 0 Å². The molecular weight excluding hydrogens is 274 g/mol. The van der Waals surface area contributed by atoms with Crippen molar-refractivity contribution in [2.24, 2.45) is 5.41 Å². The summed E-state index contributed by atoms with van der Waals surface area (Å²) in [6.45, 7) is 9.00. The van der Waals surface area contributed by atoms with Crippen molar-refractivity contribution in [1.82, 2.24) is 4.98 Å². The van der Waals surface area contributed by atoms with Gasteiger partial charge in [0.2, 0.25) is 0 Å². The van der Waals surface area contributed by atoms with Gasteiger partial charge in [0.05, 0.1) is 0 Å². The van der Waals surface area contributed by atoms with Crippen molar-refractivity contribution in [2.75, 3.05) is 0 Å². The quantitative estimate of drug-likeness (QED) is 0.713. The molecule has 2 heteroatoms. The van der Waals surface area contributed by atoms with E-state index in [2.05, 4.69) is 60.7 Å². The second-order valence-corrected chi connectivity index (χ2v) is 6.84. The van der Waals surface area contributed by atoms with Gasteiger partial charge in [0, 0.05) is 16.7 Å². The third-order valence-electron chi connectivity index (χ3n) is 3.12. The lowest BCUT2D eigenvalue weighted by molar-refractivity contribution is 0.380. The Balaban J connectivity index is 2.35. The van der Waals surface area contributed by atoms with Crippen LogP contribution in [0.3, 0.4) is 0 Å². The van der Waals surface area contributed by atoms with Gasteiger partial charge in [0.15, 0.2) is 0 Å². The molecule has 0 aliphatic rings. The molecular formula is C15H24BrN. The fourth-order valence-electron chi connectivity index (χ4n) is 1.71. The van der Waals surface area contributed by atoms with Gasteiger partial charge in [-0.1, -0.05) is 49.7 Å². The number of nitrogens with zero attached hydrogens (tertiary/aromatic N) is 1. The molecule has 0 saturated carbocycles. The highest BCUT2D eigenvalue weighted by Gasteiger charge is 2.20. The highest BCUT2D eigenvalue weighted by Crippen LogP contribution is 2.29. The summed E-state index contributed by atoms with van der Waals surface area (Å²) in [4.78, 5) is 5.08. The van der Waals surface area contributed by atoms with Gasteiger partial charge in [-0.2, -0.15) is 0 Å². The topological polar surface area (TPSA) is 12.9 Å². The van der Waals surface area contributed by atoms with Crippen molar-refractivity contribution in [3.63, 3.8) is 0 Å². The van der Waals surface area contributed by atoms with Crippen LogP contribution in [0.4, 0.5) is 0 Å². The Bertz CT molecular complexity index is 324. The number of aryl methyl sites for hydroxylation is 2. The van der Waals surface area contributed by atoms with Crippen LogP contribution in [0.5, 0.6) is 0 Å². The van der Waals surface area contributed by atoms with Crippen LogP contribution >= 0.6 is 15.9 Å². The minimum Gasteiger partial charge on any atom is -0.261 e. The molecule has 0 saturated heterocycles. The molecule has 1 heterocycles. The number of halogens is 1. The van der Waals surface area contributed by atoms with Gasteiger partial charge in [-0.05, 0) is 42.7 Å². The van der Waals surface area contributed by atoms with Crippen molar-refractivity contribution < 1.29 is 0 Å². The zero-order chi connectivity index (χ0) is 12.9. The van der Waals surface area contributed by atoms with Crippen LogP contribution in [0.2, 0.25) is 0 Å². The number of aromatic nitrogens is 1. The second kappa shape index (κ2) is 6.53. The molecule has 0 N–H and O–H groups in total. The van der Waals surface area contributed by atoms with Gasteiger partial charge in [-0.3, -0.25) is 4.98 Å². The van der Waals surface area contributed by atoms with Gasteiger partial charge in [-0.15, -0.1) is 0 Å². The summed E-state index contributed by atoms with van der Waals surface area (Å²) in [5, 5.41) is 0. The first kappa shape index (κ1) is 14.7. The molecule has 0 radical (unpaired) electrons. The summed E-state index contributed by atoms with van der Waals surface area (Å²) in [5.74, 6) is 0. The van der Waals surface area contributed by atoms with Crippen LogP contribution in [-0.2, 0) is 12.8 Å². The zero-order valence-electron chi connectivity index (χ0n) is 11.5. The van der Waals surface area contributed by atoms with E-state index in [0.717, 1.165) is 12.8 Å². The molecule has 0 aliphatic heterocycles. The Morgan fingerprint density at radius 2 is 2.00 bits per heavy atom. The molecule has 1 aromatic heterocycles. The SMILES string of the molecule is CCc1ccc(CCCC(Br)C(C)(C)C)nc1. The Morgan fingerprint density at radius 3 is 2.47 bits per heavy atom. The highest BCUT2D eigenvalue weighted by atomic mass is 79.9. The standard InChI is InChI=1S/C15H24BrN/c1-5-12-9-10-13(17-11-12)7-6-8-14(16)15(2,3)4/h9-11,14H,5-8H2,1-4H3. The predicted molar refractivity (Wildman–Crippen MR) is 78.7 cm³/mol. The van der Waals surface area contributed by atoms with Crippen LogP contribution in [0, 0.1) is 5.41 Å². The molecule has 0 fully saturated rings. The van der Waals surface area contributed by atoms with E-state index in [1.54, 1.807) is 0 Å².